The van der Waals surface area contributed by atoms with Crippen molar-refractivity contribution < 1.29 is 24.2 Å². The highest BCUT2D eigenvalue weighted by Crippen LogP contribution is 2.42. The van der Waals surface area contributed by atoms with Gasteiger partial charge in [0.15, 0.2) is 11.5 Å². The number of benzene rings is 2. The van der Waals surface area contributed by atoms with Crippen LogP contribution in [0, 0.1) is 6.92 Å². The molecule has 0 radical (unpaired) electrons. The van der Waals surface area contributed by atoms with Crippen molar-refractivity contribution >= 4 is 17.4 Å². The van der Waals surface area contributed by atoms with Crippen LogP contribution in [0.25, 0.3) is 5.76 Å². The molecule has 1 atom stereocenters. The number of carbonyl (C=O) groups is 2. The maximum absolute atomic E-state index is 13.3. The maximum atomic E-state index is 13.3. The molecule has 0 saturated carbocycles. The summed E-state index contributed by atoms with van der Waals surface area (Å²) in [6.45, 7) is 13.7. The summed E-state index contributed by atoms with van der Waals surface area (Å²) >= 11 is 0. The Kier molecular flexibility index (Phi) is 9.53. The lowest BCUT2D eigenvalue weighted by molar-refractivity contribution is -0.140. The fraction of sp³-hybridized carbons (Fsp3) is 0.448. The van der Waals surface area contributed by atoms with Crippen molar-refractivity contribution in [2.45, 2.75) is 47.1 Å². The molecule has 2 aromatic carbocycles. The third kappa shape index (κ3) is 5.90. The Morgan fingerprint density at radius 3 is 2.28 bits per heavy atom. The molecule has 0 spiro atoms. The number of hydrogen-bond acceptors (Lipinski definition) is 6. The predicted octanol–water partition coefficient (Wildman–Crippen LogP) is 4.95. The van der Waals surface area contributed by atoms with Gasteiger partial charge in [-0.05, 0) is 51.1 Å². The number of ketones is 1. The molecular formula is C29H38N2O5. The Hall–Kier alpha value is -3.32. The molecule has 0 bridgehead atoms. The molecule has 1 amide bonds. The van der Waals surface area contributed by atoms with E-state index in [4.69, 9.17) is 9.47 Å². The Labute approximate surface area is 214 Å². The molecule has 194 valence electrons. The first-order valence-electron chi connectivity index (χ1n) is 12.8. The lowest BCUT2D eigenvalue weighted by Crippen LogP contribution is -2.38. The minimum atomic E-state index is -0.735. The van der Waals surface area contributed by atoms with E-state index in [1.54, 1.807) is 17.0 Å². The minimum absolute atomic E-state index is 0.0908. The van der Waals surface area contributed by atoms with Gasteiger partial charge in [-0.3, -0.25) is 9.59 Å². The van der Waals surface area contributed by atoms with Crippen LogP contribution in [0.4, 0.5) is 0 Å². The quantitative estimate of drug-likeness (QED) is 0.256. The van der Waals surface area contributed by atoms with E-state index in [1.165, 1.54) is 0 Å². The first-order valence-corrected chi connectivity index (χ1v) is 12.8. The normalized spacial score (nSPS) is 17.2. The van der Waals surface area contributed by atoms with Gasteiger partial charge in [-0.15, -0.1) is 0 Å². The summed E-state index contributed by atoms with van der Waals surface area (Å²) in [6.07, 6.45) is 0.857. The highest BCUT2D eigenvalue weighted by atomic mass is 16.5. The summed E-state index contributed by atoms with van der Waals surface area (Å²) in [4.78, 5) is 30.3. The van der Waals surface area contributed by atoms with Crippen LogP contribution in [0.15, 0.2) is 48.0 Å². The van der Waals surface area contributed by atoms with E-state index < -0.39 is 17.7 Å². The van der Waals surface area contributed by atoms with Crippen LogP contribution in [-0.4, -0.2) is 66.0 Å². The summed E-state index contributed by atoms with van der Waals surface area (Å²) in [6, 6.07) is 12.0. The van der Waals surface area contributed by atoms with Gasteiger partial charge in [-0.1, -0.05) is 56.7 Å². The first kappa shape index (κ1) is 27.3. The zero-order valence-electron chi connectivity index (χ0n) is 22.0. The fourth-order valence-corrected chi connectivity index (χ4v) is 4.41. The SMILES string of the molecule is CCCOc1ccc(C2C(=C(O)c3ccc(C)cc3)C(=O)C(=O)N2CCN(CC)CC)cc1OCC. The van der Waals surface area contributed by atoms with Crippen molar-refractivity contribution in [1.82, 2.24) is 9.80 Å². The molecule has 1 heterocycles. The minimum Gasteiger partial charge on any atom is -0.507 e. The van der Waals surface area contributed by atoms with Crippen LogP contribution in [-0.2, 0) is 9.59 Å². The molecular weight excluding hydrogens is 456 g/mol. The average Bonchev–Trinajstić information content (AvgIpc) is 3.13. The molecule has 7 heteroatoms. The number of nitrogens with zero attached hydrogens (tertiary/aromatic N) is 2. The second-order valence-corrected chi connectivity index (χ2v) is 8.87. The van der Waals surface area contributed by atoms with Crippen LogP contribution in [0.3, 0.4) is 0 Å². The monoisotopic (exact) mass is 494 g/mol. The third-order valence-corrected chi connectivity index (χ3v) is 6.46. The van der Waals surface area contributed by atoms with E-state index in [9.17, 15) is 14.7 Å². The Balaban J connectivity index is 2.13. The molecule has 0 aliphatic carbocycles. The van der Waals surface area contributed by atoms with E-state index in [2.05, 4.69) is 18.7 Å². The largest absolute Gasteiger partial charge is 0.507 e. The average molecular weight is 495 g/mol. The predicted molar refractivity (Wildman–Crippen MR) is 141 cm³/mol. The summed E-state index contributed by atoms with van der Waals surface area (Å²) < 4.78 is 11.7. The standard InChI is InChI=1S/C29H38N2O5/c1-6-18-36-23-15-14-22(19-24(23)35-9-4)26-25(27(32)21-12-10-20(5)11-13-21)28(33)29(34)31(26)17-16-30(7-2)8-3/h10-15,19,26,32H,6-9,16-18H2,1-5H3. The summed E-state index contributed by atoms with van der Waals surface area (Å²) in [5.41, 5.74) is 2.31. The molecule has 0 aromatic heterocycles. The zero-order valence-corrected chi connectivity index (χ0v) is 22.0. The molecule has 1 fully saturated rings. The number of likely N-dealkylation sites (N-methyl/N-ethyl adjacent to an activating group) is 1. The van der Waals surface area contributed by atoms with Crippen LogP contribution in [0.5, 0.6) is 11.5 Å². The maximum Gasteiger partial charge on any atom is 0.295 e. The van der Waals surface area contributed by atoms with Crippen molar-refractivity contribution in [2.24, 2.45) is 0 Å². The van der Waals surface area contributed by atoms with Crippen molar-refractivity contribution in [1.29, 1.82) is 0 Å². The number of Topliss-reactive ketones (excluding diaryl/α,β-unsaturated/α-hetero) is 1. The van der Waals surface area contributed by atoms with Gasteiger partial charge >= 0.3 is 0 Å². The Morgan fingerprint density at radius 2 is 1.67 bits per heavy atom. The van der Waals surface area contributed by atoms with Crippen LogP contribution in [0.1, 0.15) is 56.8 Å². The number of carbonyl (C=O) groups excluding carboxylic acids is 2. The fourth-order valence-electron chi connectivity index (χ4n) is 4.41. The van der Waals surface area contributed by atoms with Crippen LogP contribution >= 0.6 is 0 Å². The van der Waals surface area contributed by atoms with Crippen molar-refractivity contribution in [3.8, 4) is 11.5 Å². The Morgan fingerprint density at radius 1 is 0.972 bits per heavy atom. The number of hydrogen-bond donors (Lipinski definition) is 1. The summed E-state index contributed by atoms with van der Waals surface area (Å²) in [5.74, 6) is -0.297. The summed E-state index contributed by atoms with van der Waals surface area (Å²) in [5, 5.41) is 11.3. The smallest absolute Gasteiger partial charge is 0.295 e. The Bertz CT molecular complexity index is 1090. The molecule has 3 rings (SSSR count). The first-order chi connectivity index (χ1) is 17.4. The number of aliphatic hydroxyl groups excluding tert-OH is 1. The van der Waals surface area contributed by atoms with Gasteiger partial charge in [0, 0.05) is 18.7 Å². The van der Waals surface area contributed by atoms with Crippen molar-refractivity contribution in [2.75, 3.05) is 39.4 Å². The van der Waals surface area contributed by atoms with E-state index in [1.807, 2.05) is 51.1 Å². The van der Waals surface area contributed by atoms with E-state index in [0.29, 0.717) is 48.9 Å². The zero-order chi connectivity index (χ0) is 26.2. The van der Waals surface area contributed by atoms with E-state index >= 15 is 0 Å². The van der Waals surface area contributed by atoms with Crippen molar-refractivity contribution in [3.05, 3.63) is 64.7 Å². The lowest BCUT2D eigenvalue weighted by Gasteiger charge is -2.28. The lowest BCUT2D eigenvalue weighted by atomic mass is 9.94. The number of rotatable bonds is 12. The number of aliphatic hydroxyl groups is 1. The van der Waals surface area contributed by atoms with Gasteiger partial charge in [-0.2, -0.15) is 0 Å². The molecule has 1 unspecified atom stereocenters. The highest BCUT2D eigenvalue weighted by Gasteiger charge is 2.46. The molecule has 1 aliphatic rings. The molecule has 1 saturated heterocycles. The van der Waals surface area contributed by atoms with Crippen LogP contribution < -0.4 is 9.47 Å². The summed E-state index contributed by atoms with van der Waals surface area (Å²) in [7, 11) is 0. The van der Waals surface area contributed by atoms with Gasteiger partial charge in [0.1, 0.15) is 5.76 Å². The second kappa shape index (κ2) is 12.6. The molecule has 7 nitrogen and oxygen atoms in total. The van der Waals surface area contributed by atoms with Gasteiger partial charge in [0.25, 0.3) is 11.7 Å². The number of amides is 1. The number of likely N-dealkylation sites (tertiary alicyclic amines) is 1. The van der Waals surface area contributed by atoms with Gasteiger partial charge in [0.05, 0.1) is 24.8 Å². The number of ether oxygens (including phenoxy) is 2. The van der Waals surface area contributed by atoms with Gasteiger partial charge in [-0.25, -0.2) is 0 Å². The van der Waals surface area contributed by atoms with Gasteiger partial charge < -0.3 is 24.4 Å². The molecule has 1 aliphatic heterocycles. The van der Waals surface area contributed by atoms with E-state index in [0.717, 1.165) is 25.1 Å². The molecule has 36 heavy (non-hydrogen) atoms. The molecule has 1 N–H and O–H groups in total. The van der Waals surface area contributed by atoms with Crippen LogP contribution in [0.2, 0.25) is 0 Å². The third-order valence-electron chi connectivity index (χ3n) is 6.46. The topological polar surface area (TPSA) is 79.3 Å². The second-order valence-electron chi connectivity index (χ2n) is 8.87. The molecule has 2 aromatic rings. The van der Waals surface area contributed by atoms with Crippen molar-refractivity contribution in [3.63, 3.8) is 0 Å². The van der Waals surface area contributed by atoms with E-state index in [-0.39, 0.29) is 11.3 Å². The highest BCUT2D eigenvalue weighted by molar-refractivity contribution is 6.46. The number of aryl methyl sites for hydroxylation is 1. The van der Waals surface area contributed by atoms with Gasteiger partial charge in [0.2, 0.25) is 0 Å².